The largest absolute Gasteiger partial charge is 0.505 e. The van der Waals surface area contributed by atoms with Gasteiger partial charge in [0.15, 0.2) is 5.75 Å². The van der Waals surface area contributed by atoms with Crippen molar-refractivity contribution in [3.05, 3.63) is 82.8 Å². The number of aromatic amines is 2. The molecular weight excluding hydrogens is 524 g/mol. The Balaban J connectivity index is 0.000000215. The second-order valence-corrected chi connectivity index (χ2v) is 10.2. The van der Waals surface area contributed by atoms with Gasteiger partial charge in [-0.15, -0.1) is 0 Å². The maximum Gasteiger partial charge on any atom is 0.323 e. The highest BCUT2D eigenvalue weighted by Gasteiger charge is 2.17. The molecule has 0 bridgehead atoms. The van der Waals surface area contributed by atoms with Gasteiger partial charge in [-0.2, -0.15) is 0 Å². The van der Waals surface area contributed by atoms with E-state index in [0.29, 0.717) is 33.5 Å². The maximum atomic E-state index is 12.6. The summed E-state index contributed by atoms with van der Waals surface area (Å²) in [5, 5.41) is 14.4. The Morgan fingerprint density at radius 1 is 0.974 bits per heavy atom. The number of phenolic OH excluding ortho intramolecular Hbond substituents is 1. The quantitative estimate of drug-likeness (QED) is 0.128. The molecule has 0 aliphatic carbocycles. The number of imidazole rings is 1. The number of carbonyl (C=O) groups excluding carboxylic acids is 1. The Hall–Kier alpha value is -5.01. The van der Waals surface area contributed by atoms with Gasteiger partial charge in [-0.3, -0.25) is 4.79 Å². The van der Waals surface area contributed by atoms with Crippen LogP contribution in [0, 0.1) is 0 Å². The number of carbonyl (C=O) groups is 1. The van der Waals surface area contributed by atoms with Crippen molar-refractivity contribution < 1.29 is 23.1 Å². The fourth-order valence-corrected chi connectivity index (χ4v) is 4.57. The number of phenols is 1. The zero-order valence-corrected chi connectivity index (χ0v) is 21.7. The van der Waals surface area contributed by atoms with Gasteiger partial charge >= 0.3 is 5.69 Å². The molecule has 9 N–H and O–H groups in total. The van der Waals surface area contributed by atoms with Crippen LogP contribution in [0.15, 0.2) is 76.4 Å². The number of aromatic hydroxyl groups is 1. The summed E-state index contributed by atoms with van der Waals surface area (Å²) in [6.07, 6.45) is 0. The minimum absolute atomic E-state index is 0.0823. The Morgan fingerprint density at radius 2 is 1.69 bits per heavy atom. The maximum absolute atomic E-state index is 12.6. The van der Waals surface area contributed by atoms with Crippen LogP contribution in [0.3, 0.4) is 0 Å². The van der Waals surface area contributed by atoms with Gasteiger partial charge in [0.2, 0.25) is 10.0 Å². The van der Waals surface area contributed by atoms with E-state index >= 15 is 0 Å². The number of fused-ring (bicyclic) bond motifs is 2. The van der Waals surface area contributed by atoms with Crippen LogP contribution in [0.25, 0.3) is 21.8 Å². The van der Waals surface area contributed by atoms with Crippen molar-refractivity contribution in [2.75, 3.05) is 30.9 Å². The fourth-order valence-electron chi connectivity index (χ4n) is 3.82. The van der Waals surface area contributed by atoms with Crippen LogP contribution in [0.5, 0.6) is 11.5 Å². The lowest BCUT2D eigenvalue weighted by Gasteiger charge is -2.11. The average Bonchev–Trinajstić information content (AvgIpc) is 3.30. The molecule has 1 aromatic heterocycles. The van der Waals surface area contributed by atoms with E-state index in [4.69, 9.17) is 16.2 Å². The second kappa shape index (κ2) is 10.8. The van der Waals surface area contributed by atoms with Crippen LogP contribution >= 0.6 is 0 Å². The molecule has 0 aliphatic rings. The number of nitrogens with one attached hydrogen (secondary N) is 4. The molecule has 202 valence electrons. The number of aromatic nitrogens is 2. The van der Waals surface area contributed by atoms with E-state index < -0.39 is 15.9 Å². The molecule has 0 saturated carbocycles. The van der Waals surface area contributed by atoms with Gasteiger partial charge in [0.25, 0.3) is 5.91 Å². The lowest BCUT2D eigenvalue weighted by molar-refractivity contribution is 0.102. The summed E-state index contributed by atoms with van der Waals surface area (Å²) >= 11 is 0. The molecule has 5 aromatic rings. The molecule has 4 aromatic carbocycles. The molecule has 0 saturated heterocycles. The van der Waals surface area contributed by atoms with Gasteiger partial charge in [-0.1, -0.05) is 24.3 Å². The average molecular weight is 551 g/mol. The second-order valence-electron chi connectivity index (χ2n) is 8.31. The molecule has 5 rings (SSSR count). The van der Waals surface area contributed by atoms with Crippen molar-refractivity contribution in [3.8, 4) is 11.5 Å². The van der Waals surface area contributed by atoms with Gasteiger partial charge in [-0.25, -0.2) is 17.9 Å². The van der Waals surface area contributed by atoms with Crippen LogP contribution in [-0.2, 0) is 10.0 Å². The van der Waals surface area contributed by atoms with Crippen LogP contribution in [-0.4, -0.2) is 43.6 Å². The Labute approximate surface area is 222 Å². The number of nitrogen functional groups attached to an aromatic ring is 2. The molecule has 0 fully saturated rings. The first kappa shape index (κ1) is 27.0. The monoisotopic (exact) mass is 550 g/mol. The fraction of sp³-hybridized carbons (Fsp3) is 0.0769. The molecule has 0 atom stereocenters. The van der Waals surface area contributed by atoms with Crippen molar-refractivity contribution in [2.45, 2.75) is 4.90 Å². The van der Waals surface area contributed by atoms with E-state index in [1.54, 1.807) is 30.3 Å². The Bertz CT molecular complexity index is 1860. The summed E-state index contributed by atoms with van der Waals surface area (Å²) in [4.78, 5) is 29.3. The summed E-state index contributed by atoms with van der Waals surface area (Å²) in [7, 11) is -0.656. The van der Waals surface area contributed by atoms with Crippen molar-refractivity contribution in [1.29, 1.82) is 0 Å². The molecule has 0 unspecified atom stereocenters. The molecule has 0 aliphatic heterocycles. The first-order chi connectivity index (χ1) is 18.5. The van der Waals surface area contributed by atoms with E-state index in [-0.39, 0.29) is 27.6 Å². The van der Waals surface area contributed by atoms with E-state index in [2.05, 4.69) is 20.0 Å². The molecule has 1 amide bonds. The van der Waals surface area contributed by atoms with Gasteiger partial charge in [0.1, 0.15) is 5.75 Å². The van der Waals surface area contributed by atoms with Gasteiger partial charge in [0.05, 0.1) is 40.0 Å². The highest BCUT2D eigenvalue weighted by Crippen LogP contribution is 2.34. The molecule has 12 nitrogen and oxygen atoms in total. The van der Waals surface area contributed by atoms with Crippen LogP contribution < -0.4 is 31.9 Å². The Kier molecular flexibility index (Phi) is 7.47. The third-order valence-electron chi connectivity index (χ3n) is 5.86. The first-order valence-electron chi connectivity index (χ1n) is 11.4. The van der Waals surface area contributed by atoms with Crippen molar-refractivity contribution in [2.24, 2.45) is 0 Å². The summed E-state index contributed by atoms with van der Waals surface area (Å²) in [6.45, 7) is 0. The third kappa shape index (κ3) is 5.63. The summed E-state index contributed by atoms with van der Waals surface area (Å²) in [6, 6.07) is 18.1. The minimum Gasteiger partial charge on any atom is -0.505 e. The smallest absolute Gasteiger partial charge is 0.323 e. The number of rotatable bonds is 5. The zero-order valence-electron chi connectivity index (χ0n) is 20.9. The van der Waals surface area contributed by atoms with Gasteiger partial charge in [0, 0.05) is 17.1 Å². The van der Waals surface area contributed by atoms with Crippen LogP contribution in [0.1, 0.15) is 10.4 Å². The van der Waals surface area contributed by atoms with Crippen molar-refractivity contribution in [3.63, 3.8) is 0 Å². The lowest BCUT2D eigenvalue weighted by Crippen LogP contribution is -2.18. The van der Waals surface area contributed by atoms with Crippen LogP contribution in [0.4, 0.5) is 17.1 Å². The topological polar surface area (TPSA) is 205 Å². The number of anilines is 3. The molecule has 13 heteroatoms. The zero-order chi connectivity index (χ0) is 28.3. The van der Waals surface area contributed by atoms with Crippen molar-refractivity contribution in [1.82, 2.24) is 14.7 Å². The number of nitrogens with two attached hydrogens (primary N) is 2. The van der Waals surface area contributed by atoms with E-state index in [0.717, 1.165) is 5.39 Å². The van der Waals surface area contributed by atoms with Gasteiger partial charge in [-0.05, 0) is 48.8 Å². The molecule has 0 radical (unpaired) electrons. The molecule has 0 spiro atoms. The highest BCUT2D eigenvalue weighted by molar-refractivity contribution is 7.89. The third-order valence-corrected chi connectivity index (χ3v) is 7.28. The summed E-state index contributed by atoms with van der Waals surface area (Å²) in [5.41, 5.74) is 13.5. The Morgan fingerprint density at radius 3 is 2.41 bits per heavy atom. The first-order valence-corrected chi connectivity index (χ1v) is 12.9. The number of hydrogen-bond donors (Lipinski definition) is 7. The molecule has 1 heterocycles. The summed E-state index contributed by atoms with van der Waals surface area (Å²) in [5.74, 6) is -0.402. The number of hydrogen-bond acceptors (Lipinski definition) is 8. The minimum atomic E-state index is -3.43. The lowest BCUT2D eigenvalue weighted by atomic mass is 10.0. The number of amides is 1. The van der Waals surface area contributed by atoms with Crippen molar-refractivity contribution >= 4 is 54.8 Å². The molecular formula is C26H26N6O6S. The highest BCUT2D eigenvalue weighted by atomic mass is 32.2. The SMILES string of the molecule is CNS(=O)(=O)c1ccc(N)c(OC)c1.Nc1c(O)c(C(=O)Nc2ccc3[nH]c(=O)[nH]c3c2)cc2ccccc12. The van der Waals surface area contributed by atoms with E-state index in [1.165, 1.54) is 32.4 Å². The number of methoxy groups -OCH3 is 1. The predicted molar refractivity (Wildman–Crippen MR) is 151 cm³/mol. The predicted octanol–water partition coefficient (Wildman–Crippen LogP) is 2.74. The van der Waals surface area contributed by atoms with E-state index in [9.17, 15) is 23.1 Å². The number of benzene rings is 4. The normalized spacial score (nSPS) is 11.1. The number of sulfonamides is 1. The van der Waals surface area contributed by atoms with Crippen LogP contribution in [0.2, 0.25) is 0 Å². The number of ether oxygens (including phenoxy) is 1. The summed E-state index contributed by atoms with van der Waals surface area (Å²) < 4.78 is 29.9. The number of H-pyrrole nitrogens is 2. The molecule has 39 heavy (non-hydrogen) atoms. The van der Waals surface area contributed by atoms with Gasteiger partial charge < -0.3 is 36.6 Å². The van der Waals surface area contributed by atoms with E-state index in [1.807, 2.05) is 18.2 Å². The standard InChI is InChI=1S/C18H14N4O3.C8H12N2O3S/c19-15-11-4-2-1-3-9(11)7-12(16(15)23)17(24)20-10-5-6-13-14(8-10)22-18(25)21-13;1-10-14(11,12)6-3-4-7(9)8(5-6)13-2/h1-8,23H,19H2,(H,20,24)(H2,21,22,25);3-5,10H,9H2,1-2H3.